The van der Waals surface area contributed by atoms with Gasteiger partial charge in [-0.1, -0.05) is 17.7 Å². The number of pyridine rings is 1. The first kappa shape index (κ1) is 22.0. The maximum atomic E-state index is 12.9. The Balaban J connectivity index is 1.96. The number of nitrogens with one attached hydrogen (secondary N) is 3. The van der Waals surface area contributed by atoms with Crippen LogP contribution < -0.4 is 20.3 Å². The first-order chi connectivity index (χ1) is 14.2. The predicted octanol–water partition coefficient (Wildman–Crippen LogP) is 2.05. The van der Waals surface area contributed by atoms with E-state index in [-0.39, 0.29) is 22.5 Å². The van der Waals surface area contributed by atoms with Crippen molar-refractivity contribution in [2.24, 2.45) is 0 Å². The zero-order valence-corrected chi connectivity index (χ0v) is 18.6. The molecular weight excluding hydrogens is 402 g/mol. The van der Waals surface area contributed by atoms with E-state index in [1.165, 1.54) is 6.20 Å². The second-order valence-corrected chi connectivity index (χ2v) is 9.49. The summed E-state index contributed by atoms with van der Waals surface area (Å²) >= 11 is 0. The molecule has 0 bridgehead atoms. The Morgan fingerprint density at radius 2 is 1.87 bits per heavy atom. The van der Waals surface area contributed by atoms with Gasteiger partial charge in [-0.2, -0.15) is 0 Å². The van der Waals surface area contributed by atoms with Crippen LogP contribution in [0.15, 0.2) is 35.4 Å². The molecule has 8 nitrogen and oxygen atoms in total. The Hall–Kier alpha value is -2.65. The van der Waals surface area contributed by atoms with Crippen molar-refractivity contribution in [1.29, 1.82) is 0 Å². The molecule has 1 aromatic carbocycles. The third-order valence-electron chi connectivity index (χ3n) is 4.82. The smallest absolute Gasteiger partial charge is 0.262 e. The standard InChI is InChI=1S/C21H29N5O3S/c1-14(2)24-21(27)18-12-17(13-23-20(18)26-9-7-22-8-10-26)25-30(28,29)19-6-5-15(3)11-16(19)4/h5-6,11-14,22,25H,7-10H2,1-4H3,(H,24,27). The zero-order valence-electron chi connectivity index (χ0n) is 17.8. The lowest BCUT2D eigenvalue weighted by molar-refractivity contribution is 0.0943. The number of aromatic nitrogens is 1. The van der Waals surface area contributed by atoms with E-state index in [9.17, 15) is 13.2 Å². The lowest BCUT2D eigenvalue weighted by atomic mass is 10.2. The quantitative estimate of drug-likeness (QED) is 0.647. The van der Waals surface area contributed by atoms with Crippen LogP contribution >= 0.6 is 0 Å². The summed E-state index contributed by atoms with van der Waals surface area (Å²) in [6.45, 7) is 10.5. The highest BCUT2D eigenvalue weighted by molar-refractivity contribution is 7.92. The first-order valence-corrected chi connectivity index (χ1v) is 11.5. The summed E-state index contributed by atoms with van der Waals surface area (Å²) in [5.74, 6) is 0.280. The fourth-order valence-corrected chi connectivity index (χ4v) is 4.72. The molecule has 0 saturated carbocycles. The minimum absolute atomic E-state index is 0.0519. The highest BCUT2D eigenvalue weighted by Gasteiger charge is 2.23. The van der Waals surface area contributed by atoms with E-state index in [2.05, 4.69) is 20.3 Å². The maximum Gasteiger partial charge on any atom is 0.262 e. The molecule has 0 atom stereocenters. The molecular formula is C21H29N5O3S. The third kappa shape index (κ3) is 5.09. The van der Waals surface area contributed by atoms with E-state index < -0.39 is 10.0 Å². The van der Waals surface area contributed by atoms with Crippen LogP contribution in [0.2, 0.25) is 0 Å². The van der Waals surface area contributed by atoms with Crippen LogP contribution in [0, 0.1) is 13.8 Å². The average molecular weight is 432 g/mol. The lowest BCUT2D eigenvalue weighted by Crippen LogP contribution is -2.45. The molecule has 1 aromatic heterocycles. The largest absolute Gasteiger partial charge is 0.353 e. The Bertz CT molecular complexity index is 1030. The number of nitrogens with zero attached hydrogens (tertiary/aromatic N) is 2. The van der Waals surface area contributed by atoms with E-state index in [0.29, 0.717) is 16.9 Å². The fourth-order valence-electron chi connectivity index (χ4n) is 3.46. The Morgan fingerprint density at radius 3 is 2.50 bits per heavy atom. The van der Waals surface area contributed by atoms with Gasteiger partial charge in [0.25, 0.3) is 15.9 Å². The molecule has 1 saturated heterocycles. The van der Waals surface area contributed by atoms with Crippen molar-refractivity contribution in [3.8, 4) is 0 Å². The van der Waals surface area contributed by atoms with E-state index in [0.717, 1.165) is 31.7 Å². The van der Waals surface area contributed by atoms with Gasteiger partial charge >= 0.3 is 0 Å². The predicted molar refractivity (Wildman–Crippen MR) is 119 cm³/mol. The van der Waals surface area contributed by atoms with Crippen molar-refractivity contribution in [3.63, 3.8) is 0 Å². The number of benzene rings is 1. The van der Waals surface area contributed by atoms with Gasteiger partial charge in [0.2, 0.25) is 0 Å². The van der Waals surface area contributed by atoms with Gasteiger partial charge in [0.1, 0.15) is 5.82 Å². The summed E-state index contributed by atoms with van der Waals surface area (Å²) in [7, 11) is -3.81. The van der Waals surface area contributed by atoms with Crippen molar-refractivity contribution in [2.45, 2.75) is 38.6 Å². The number of amides is 1. The highest BCUT2D eigenvalue weighted by atomic mass is 32.2. The number of aryl methyl sites for hydroxylation is 2. The molecule has 0 spiro atoms. The summed E-state index contributed by atoms with van der Waals surface area (Å²) in [5, 5.41) is 6.15. The van der Waals surface area contributed by atoms with Gasteiger partial charge in [0.15, 0.2) is 0 Å². The molecule has 1 aliphatic rings. The number of anilines is 2. The van der Waals surface area contributed by atoms with Gasteiger partial charge in [-0.3, -0.25) is 9.52 Å². The summed E-state index contributed by atoms with van der Waals surface area (Å²) in [5.41, 5.74) is 2.25. The third-order valence-corrected chi connectivity index (χ3v) is 6.36. The molecule has 2 heterocycles. The maximum absolute atomic E-state index is 12.9. The van der Waals surface area contributed by atoms with Gasteiger partial charge in [-0.05, 0) is 45.4 Å². The van der Waals surface area contributed by atoms with Gasteiger partial charge < -0.3 is 15.5 Å². The fraction of sp³-hybridized carbons (Fsp3) is 0.429. The number of rotatable bonds is 6. The van der Waals surface area contributed by atoms with Crippen molar-refractivity contribution >= 4 is 27.4 Å². The van der Waals surface area contributed by atoms with E-state index in [4.69, 9.17) is 0 Å². The normalized spacial score (nSPS) is 14.6. The van der Waals surface area contributed by atoms with E-state index >= 15 is 0 Å². The molecule has 0 aliphatic carbocycles. The molecule has 1 amide bonds. The first-order valence-electron chi connectivity index (χ1n) is 10.0. The van der Waals surface area contributed by atoms with Crippen LogP contribution in [0.3, 0.4) is 0 Å². The van der Waals surface area contributed by atoms with Crippen molar-refractivity contribution in [1.82, 2.24) is 15.6 Å². The van der Waals surface area contributed by atoms with Gasteiger partial charge in [0, 0.05) is 32.2 Å². The molecule has 30 heavy (non-hydrogen) atoms. The number of carbonyl (C=O) groups is 1. The summed E-state index contributed by atoms with van der Waals surface area (Å²) in [6.07, 6.45) is 1.46. The molecule has 1 fully saturated rings. The topological polar surface area (TPSA) is 103 Å². The molecule has 1 aliphatic heterocycles. The van der Waals surface area contributed by atoms with Crippen LogP contribution in [-0.2, 0) is 10.0 Å². The average Bonchev–Trinajstić information content (AvgIpc) is 2.67. The van der Waals surface area contributed by atoms with E-state index in [1.807, 2.05) is 31.7 Å². The molecule has 0 unspecified atom stereocenters. The highest BCUT2D eigenvalue weighted by Crippen LogP contribution is 2.25. The van der Waals surface area contributed by atoms with E-state index in [1.54, 1.807) is 25.1 Å². The minimum Gasteiger partial charge on any atom is -0.353 e. The molecule has 2 aromatic rings. The Morgan fingerprint density at radius 1 is 1.17 bits per heavy atom. The second-order valence-electron chi connectivity index (χ2n) is 7.83. The zero-order chi connectivity index (χ0) is 21.9. The molecule has 3 rings (SSSR count). The SMILES string of the molecule is Cc1ccc(S(=O)(=O)Nc2cnc(N3CCNCC3)c(C(=O)NC(C)C)c2)c(C)c1. The summed E-state index contributed by atoms with van der Waals surface area (Å²) in [6, 6.07) is 6.67. The minimum atomic E-state index is -3.81. The number of sulfonamides is 1. The number of hydrogen-bond acceptors (Lipinski definition) is 6. The molecule has 162 valence electrons. The van der Waals surface area contributed by atoms with Crippen LogP contribution in [0.5, 0.6) is 0 Å². The van der Waals surface area contributed by atoms with Crippen LogP contribution in [0.1, 0.15) is 35.3 Å². The van der Waals surface area contributed by atoms with Crippen LogP contribution in [0.25, 0.3) is 0 Å². The molecule has 0 radical (unpaired) electrons. The van der Waals surface area contributed by atoms with Crippen LogP contribution in [-0.4, -0.2) is 51.5 Å². The van der Waals surface area contributed by atoms with Gasteiger partial charge in [-0.25, -0.2) is 13.4 Å². The summed E-state index contributed by atoms with van der Waals surface area (Å²) in [4.78, 5) is 19.5. The second kappa shape index (κ2) is 9.01. The molecule has 3 N–H and O–H groups in total. The number of carbonyl (C=O) groups excluding carboxylic acids is 1. The molecule has 9 heteroatoms. The Kier molecular flexibility index (Phi) is 6.62. The van der Waals surface area contributed by atoms with Crippen LogP contribution in [0.4, 0.5) is 11.5 Å². The number of hydrogen-bond donors (Lipinski definition) is 3. The number of piperazine rings is 1. The monoisotopic (exact) mass is 431 g/mol. The van der Waals surface area contributed by atoms with Crippen molar-refractivity contribution in [2.75, 3.05) is 35.8 Å². The Labute approximate surface area is 178 Å². The van der Waals surface area contributed by atoms with Crippen molar-refractivity contribution < 1.29 is 13.2 Å². The van der Waals surface area contributed by atoms with Gasteiger partial charge in [-0.15, -0.1) is 0 Å². The summed E-state index contributed by atoms with van der Waals surface area (Å²) < 4.78 is 28.4. The van der Waals surface area contributed by atoms with Crippen molar-refractivity contribution in [3.05, 3.63) is 47.2 Å². The van der Waals surface area contributed by atoms with Gasteiger partial charge in [0.05, 0.1) is 22.3 Å². The lowest BCUT2D eigenvalue weighted by Gasteiger charge is -2.30.